The van der Waals surface area contributed by atoms with Crippen LogP contribution in [0.15, 0.2) is 22.8 Å². The van der Waals surface area contributed by atoms with Crippen LogP contribution in [0, 0.1) is 11.3 Å². The highest BCUT2D eigenvalue weighted by Crippen LogP contribution is 2.18. The Morgan fingerprint density at radius 1 is 1.75 bits per heavy atom. The van der Waals surface area contributed by atoms with Gasteiger partial charge in [0.2, 0.25) is 5.91 Å². The predicted molar refractivity (Wildman–Crippen MR) is 56.6 cm³/mol. The second kappa shape index (κ2) is 6.64. The van der Waals surface area contributed by atoms with Crippen molar-refractivity contribution in [2.45, 2.75) is 12.3 Å². The van der Waals surface area contributed by atoms with Gasteiger partial charge >= 0.3 is 0 Å². The van der Waals surface area contributed by atoms with Gasteiger partial charge in [0.25, 0.3) is 0 Å². The first kappa shape index (κ1) is 12.3. The molecule has 1 N–H and O–H groups in total. The van der Waals surface area contributed by atoms with E-state index in [-0.39, 0.29) is 12.3 Å². The summed E-state index contributed by atoms with van der Waals surface area (Å²) in [6.07, 6.45) is 1.59. The summed E-state index contributed by atoms with van der Waals surface area (Å²) in [5.41, 5.74) is 0. The molecule has 0 bridgehead atoms. The molecule has 0 radical (unpaired) electrons. The van der Waals surface area contributed by atoms with Gasteiger partial charge in [-0.2, -0.15) is 5.26 Å². The van der Waals surface area contributed by atoms with Gasteiger partial charge < -0.3 is 14.5 Å². The van der Waals surface area contributed by atoms with Gasteiger partial charge in [0.05, 0.1) is 18.9 Å². The molecule has 1 rings (SSSR count). The van der Waals surface area contributed by atoms with Crippen LogP contribution in [0.25, 0.3) is 0 Å². The van der Waals surface area contributed by atoms with E-state index in [1.807, 2.05) is 6.07 Å². The number of hydrogen-bond donors (Lipinski definition) is 1. The highest BCUT2D eigenvalue weighted by molar-refractivity contribution is 5.77. The van der Waals surface area contributed by atoms with E-state index in [1.54, 1.807) is 19.2 Å². The fraction of sp³-hybridized carbons (Fsp3) is 0.455. The Bertz CT molecular complexity index is 354. The van der Waals surface area contributed by atoms with E-state index in [1.165, 1.54) is 6.26 Å². The lowest BCUT2D eigenvalue weighted by molar-refractivity contribution is -0.121. The molecule has 0 aliphatic rings. The Labute approximate surface area is 94.0 Å². The first-order valence-electron chi connectivity index (χ1n) is 4.96. The van der Waals surface area contributed by atoms with Crippen LogP contribution in [-0.2, 0) is 9.53 Å². The summed E-state index contributed by atoms with van der Waals surface area (Å²) >= 11 is 0. The number of hydrogen-bond acceptors (Lipinski definition) is 4. The second-order valence-electron chi connectivity index (χ2n) is 3.24. The van der Waals surface area contributed by atoms with Crippen LogP contribution in [-0.4, -0.2) is 26.2 Å². The topological polar surface area (TPSA) is 75.3 Å². The lowest BCUT2D eigenvalue weighted by atomic mass is 10.0. The van der Waals surface area contributed by atoms with Gasteiger partial charge in [-0.3, -0.25) is 4.79 Å². The monoisotopic (exact) mass is 222 g/mol. The SMILES string of the molecule is COCCNC(=O)CC(C#N)c1ccco1. The van der Waals surface area contributed by atoms with E-state index in [9.17, 15) is 4.79 Å². The molecule has 0 spiro atoms. The van der Waals surface area contributed by atoms with Crippen LogP contribution in [0.3, 0.4) is 0 Å². The number of amides is 1. The molecule has 0 saturated carbocycles. The summed E-state index contributed by atoms with van der Waals surface area (Å²) in [6, 6.07) is 5.43. The Balaban J connectivity index is 2.40. The number of rotatable bonds is 6. The number of ether oxygens (including phenoxy) is 1. The fourth-order valence-corrected chi connectivity index (χ4v) is 1.25. The van der Waals surface area contributed by atoms with Crippen molar-refractivity contribution in [2.75, 3.05) is 20.3 Å². The number of nitriles is 1. The van der Waals surface area contributed by atoms with Crippen molar-refractivity contribution in [2.24, 2.45) is 0 Å². The molecule has 16 heavy (non-hydrogen) atoms. The van der Waals surface area contributed by atoms with E-state index in [2.05, 4.69) is 5.32 Å². The number of furan rings is 1. The van der Waals surface area contributed by atoms with E-state index in [0.29, 0.717) is 18.9 Å². The molecule has 0 fully saturated rings. The van der Waals surface area contributed by atoms with Gasteiger partial charge in [0.1, 0.15) is 11.7 Å². The molecular formula is C11H14N2O3. The molecule has 5 heteroatoms. The number of carbonyl (C=O) groups excluding carboxylic acids is 1. The maximum Gasteiger partial charge on any atom is 0.221 e. The van der Waals surface area contributed by atoms with Gasteiger partial charge in [0.15, 0.2) is 0 Å². The van der Waals surface area contributed by atoms with Gasteiger partial charge in [0, 0.05) is 20.1 Å². The molecule has 5 nitrogen and oxygen atoms in total. The molecule has 1 aromatic rings. The van der Waals surface area contributed by atoms with Gasteiger partial charge in [-0.25, -0.2) is 0 Å². The smallest absolute Gasteiger partial charge is 0.221 e. The Kier molecular flexibility index (Phi) is 5.09. The zero-order chi connectivity index (χ0) is 11.8. The summed E-state index contributed by atoms with van der Waals surface area (Å²) in [6.45, 7) is 0.912. The molecule has 1 amide bonds. The van der Waals surface area contributed by atoms with E-state index in [4.69, 9.17) is 14.4 Å². The first-order valence-corrected chi connectivity index (χ1v) is 4.96. The third kappa shape index (κ3) is 3.75. The van der Waals surface area contributed by atoms with Crippen LogP contribution < -0.4 is 5.32 Å². The molecule has 0 aromatic carbocycles. The van der Waals surface area contributed by atoms with E-state index < -0.39 is 5.92 Å². The minimum absolute atomic E-state index is 0.105. The third-order valence-electron chi connectivity index (χ3n) is 2.06. The lowest BCUT2D eigenvalue weighted by Gasteiger charge is -2.07. The molecule has 1 atom stereocenters. The highest BCUT2D eigenvalue weighted by atomic mass is 16.5. The van der Waals surface area contributed by atoms with Crippen LogP contribution in [0.5, 0.6) is 0 Å². The van der Waals surface area contributed by atoms with Crippen LogP contribution in [0.1, 0.15) is 18.1 Å². The van der Waals surface area contributed by atoms with Crippen molar-refractivity contribution in [3.63, 3.8) is 0 Å². The van der Waals surface area contributed by atoms with Crippen molar-refractivity contribution < 1.29 is 13.9 Å². The molecule has 0 saturated heterocycles. The zero-order valence-corrected chi connectivity index (χ0v) is 9.10. The van der Waals surface area contributed by atoms with Gasteiger partial charge in [-0.1, -0.05) is 0 Å². The van der Waals surface area contributed by atoms with Crippen LogP contribution in [0.2, 0.25) is 0 Å². The molecule has 1 unspecified atom stereocenters. The lowest BCUT2D eigenvalue weighted by Crippen LogP contribution is -2.28. The fourth-order valence-electron chi connectivity index (χ4n) is 1.25. The number of carbonyl (C=O) groups is 1. The van der Waals surface area contributed by atoms with Crippen molar-refractivity contribution >= 4 is 5.91 Å². The van der Waals surface area contributed by atoms with Crippen LogP contribution in [0.4, 0.5) is 0 Å². The summed E-state index contributed by atoms with van der Waals surface area (Å²) in [5.74, 6) is -0.193. The van der Waals surface area contributed by atoms with Crippen molar-refractivity contribution in [3.8, 4) is 6.07 Å². The third-order valence-corrected chi connectivity index (χ3v) is 2.06. The molecule has 86 valence electrons. The second-order valence-corrected chi connectivity index (χ2v) is 3.24. The molecule has 1 heterocycles. The van der Waals surface area contributed by atoms with E-state index >= 15 is 0 Å². The molecule has 0 aliphatic carbocycles. The molecule has 1 aromatic heterocycles. The summed E-state index contributed by atoms with van der Waals surface area (Å²) in [7, 11) is 1.56. The summed E-state index contributed by atoms with van der Waals surface area (Å²) in [4.78, 5) is 11.4. The average Bonchev–Trinajstić information content (AvgIpc) is 2.79. The van der Waals surface area contributed by atoms with Crippen LogP contribution >= 0.6 is 0 Å². The van der Waals surface area contributed by atoms with E-state index in [0.717, 1.165) is 0 Å². The minimum Gasteiger partial charge on any atom is -0.468 e. The Morgan fingerprint density at radius 3 is 3.12 bits per heavy atom. The maximum atomic E-state index is 11.4. The maximum absolute atomic E-state index is 11.4. The summed E-state index contributed by atoms with van der Waals surface area (Å²) in [5, 5.41) is 11.6. The first-order chi connectivity index (χ1) is 7.77. The van der Waals surface area contributed by atoms with Crippen molar-refractivity contribution in [3.05, 3.63) is 24.2 Å². The van der Waals surface area contributed by atoms with Gasteiger partial charge in [-0.15, -0.1) is 0 Å². The Morgan fingerprint density at radius 2 is 2.56 bits per heavy atom. The standard InChI is InChI=1S/C11H14N2O3/c1-15-6-4-13-11(14)7-9(8-12)10-3-2-5-16-10/h2-3,5,9H,4,6-7H2,1H3,(H,13,14). The predicted octanol–water partition coefficient (Wildman–Crippen LogP) is 1.04. The molecular weight excluding hydrogens is 208 g/mol. The molecule has 0 aliphatic heterocycles. The average molecular weight is 222 g/mol. The van der Waals surface area contributed by atoms with Crippen molar-refractivity contribution in [1.29, 1.82) is 5.26 Å². The van der Waals surface area contributed by atoms with Crippen molar-refractivity contribution in [1.82, 2.24) is 5.32 Å². The Hall–Kier alpha value is -1.80. The zero-order valence-electron chi connectivity index (χ0n) is 9.10. The highest BCUT2D eigenvalue weighted by Gasteiger charge is 2.17. The van der Waals surface area contributed by atoms with Gasteiger partial charge in [-0.05, 0) is 12.1 Å². The largest absolute Gasteiger partial charge is 0.468 e. The summed E-state index contributed by atoms with van der Waals surface area (Å²) < 4.78 is 9.88. The number of nitrogens with one attached hydrogen (secondary N) is 1. The number of methoxy groups -OCH3 is 1. The number of nitrogens with zero attached hydrogens (tertiary/aromatic N) is 1. The minimum atomic E-state index is -0.530. The normalized spacial score (nSPS) is 11.8. The quantitative estimate of drug-likeness (QED) is 0.730.